The number of aromatic nitrogens is 1. The lowest BCUT2D eigenvalue weighted by Crippen LogP contribution is -2.17. The van der Waals surface area contributed by atoms with Crippen LogP contribution in [0.2, 0.25) is 0 Å². The molecule has 0 radical (unpaired) electrons. The van der Waals surface area contributed by atoms with Crippen LogP contribution in [0.1, 0.15) is 24.4 Å². The third-order valence-electron chi connectivity index (χ3n) is 2.59. The Morgan fingerprint density at radius 3 is 2.79 bits per heavy atom. The van der Waals surface area contributed by atoms with Crippen LogP contribution in [0.25, 0.3) is 0 Å². The molecule has 0 aromatic carbocycles. The van der Waals surface area contributed by atoms with Gasteiger partial charge in [0.15, 0.2) is 0 Å². The Morgan fingerprint density at radius 1 is 1.50 bits per heavy atom. The van der Waals surface area contributed by atoms with Gasteiger partial charge in [-0.15, -0.1) is 12.4 Å². The molecule has 2 N–H and O–H groups in total. The SMILES string of the molecule is CN1CCCC1c1cccnc1.Cl.O. The first-order valence-electron chi connectivity index (χ1n) is 4.48. The summed E-state index contributed by atoms with van der Waals surface area (Å²) >= 11 is 0. The smallest absolute Gasteiger partial charge is 0.0360 e. The Bertz CT molecular complexity index is 256. The van der Waals surface area contributed by atoms with E-state index < -0.39 is 0 Å². The van der Waals surface area contributed by atoms with Crippen molar-refractivity contribution in [1.29, 1.82) is 0 Å². The number of pyridine rings is 1. The first-order valence-corrected chi connectivity index (χ1v) is 4.48. The molecule has 14 heavy (non-hydrogen) atoms. The van der Waals surface area contributed by atoms with E-state index in [2.05, 4.69) is 23.0 Å². The first kappa shape index (κ1) is 13.4. The lowest BCUT2D eigenvalue weighted by Gasteiger charge is -2.18. The van der Waals surface area contributed by atoms with Gasteiger partial charge in [0, 0.05) is 18.4 Å². The van der Waals surface area contributed by atoms with Crippen molar-refractivity contribution in [2.45, 2.75) is 18.9 Å². The predicted molar refractivity (Wildman–Crippen MR) is 59.7 cm³/mol. The molecule has 3 nitrogen and oxygen atoms in total. The minimum Gasteiger partial charge on any atom is -0.412 e. The van der Waals surface area contributed by atoms with Gasteiger partial charge < -0.3 is 5.48 Å². The second-order valence-corrected chi connectivity index (χ2v) is 3.42. The Kier molecular flexibility index (Phi) is 5.69. The van der Waals surface area contributed by atoms with Gasteiger partial charge in [-0.25, -0.2) is 0 Å². The minimum atomic E-state index is 0. The zero-order chi connectivity index (χ0) is 8.39. The molecular formula is C10H17ClN2O. The van der Waals surface area contributed by atoms with Crippen molar-refractivity contribution in [3.05, 3.63) is 30.1 Å². The molecule has 1 unspecified atom stereocenters. The summed E-state index contributed by atoms with van der Waals surface area (Å²) in [5.41, 5.74) is 1.36. The number of rotatable bonds is 1. The minimum absolute atomic E-state index is 0. The van der Waals surface area contributed by atoms with Crippen molar-refractivity contribution in [1.82, 2.24) is 9.88 Å². The van der Waals surface area contributed by atoms with Crippen molar-refractivity contribution in [2.24, 2.45) is 0 Å². The molecule has 0 aliphatic carbocycles. The molecule has 1 aromatic heterocycles. The maximum absolute atomic E-state index is 4.14. The van der Waals surface area contributed by atoms with E-state index in [4.69, 9.17) is 0 Å². The lowest BCUT2D eigenvalue weighted by atomic mass is 10.1. The van der Waals surface area contributed by atoms with Gasteiger partial charge in [-0.3, -0.25) is 9.88 Å². The largest absolute Gasteiger partial charge is 0.412 e. The van der Waals surface area contributed by atoms with Gasteiger partial charge in [0.25, 0.3) is 0 Å². The lowest BCUT2D eigenvalue weighted by molar-refractivity contribution is 0.317. The summed E-state index contributed by atoms with van der Waals surface area (Å²) in [7, 11) is 2.19. The predicted octanol–water partition coefficient (Wildman–Crippen LogP) is 1.45. The topological polar surface area (TPSA) is 47.6 Å². The third-order valence-corrected chi connectivity index (χ3v) is 2.59. The monoisotopic (exact) mass is 216 g/mol. The molecule has 0 amide bonds. The normalized spacial score (nSPS) is 21.1. The van der Waals surface area contributed by atoms with E-state index in [1.165, 1.54) is 24.9 Å². The third kappa shape index (κ3) is 2.67. The molecule has 2 rings (SSSR count). The van der Waals surface area contributed by atoms with E-state index in [-0.39, 0.29) is 17.9 Å². The quantitative estimate of drug-likeness (QED) is 0.714. The van der Waals surface area contributed by atoms with Gasteiger partial charge in [-0.1, -0.05) is 6.07 Å². The average Bonchev–Trinajstić information content (AvgIpc) is 2.53. The van der Waals surface area contributed by atoms with Crippen LogP contribution < -0.4 is 0 Å². The van der Waals surface area contributed by atoms with Crippen LogP contribution >= 0.6 is 12.4 Å². The molecule has 0 bridgehead atoms. The molecule has 1 aliphatic heterocycles. The van der Waals surface area contributed by atoms with E-state index in [9.17, 15) is 0 Å². The van der Waals surface area contributed by atoms with Crippen LogP contribution in [-0.4, -0.2) is 29.0 Å². The second-order valence-electron chi connectivity index (χ2n) is 3.42. The summed E-state index contributed by atoms with van der Waals surface area (Å²) in [6.45, 7) is 1.22. The number of nitrogens with zero attached hydrogens (tertiary/aromatic N) is 2. The Hall–Kier alpha value is -0.640. The molecule has 80 valence electrons. The Labute approximate surface area is 90.9 Å². The van der Waals surface area contributed by atoms with Gasteiger partial charge in [0.05, 0.1) is 0 Å². The van der Waals surface area contributed by atoms with Crippen LogP contribution in [0, 0.1) is 0 Å². The summed E-state index contributed by atoms with van der Waals surface area (Å²) in [5.74, 6) is 0. The molecule has 2 heterocycles. The number of halogens is 1. The van der Waals surface area contributed by atoms with Crippen molar-refractivity contribution in [3.63, 3.8) is 0 Å². The summed E-state index contributed by atoms with van der Waals surface area (Å²) in [6, 6.07) is 4.79. The fourth-order valence-corrected chi connectivity index (χ4v) is 1.90. The zero-order valence-corrected chi connectivity index (χ0v) is 9.13. The van der Waals surface area contributed by atoms with Crippen molar-refractivity contribution < 1.29 is 5.48 Å². The highest BCUT2D eigenvalue weighted by Gasteiger charge is 2.21. The molecule has 1 atom stereocenters. The molecule has 1 aliphatic rings. The standard InChI is InChI=1S/C10H14N2.ClH.H2O/c1-12-7-3-5-10(12)9-4-2-6-11-8-9;;/h2,4,6,8,10H,3,5,7H2,1H3;1H;1H2. The second kappa shape index (κ2) is 5.96. The summed E-state index contributed by atoms with van der Waals surface area (Å²) in [4.78, 5) is 6.54. The number of likely N-dealkylation sites (tertiary alicyclic amines) is 1. The molecule has 0 saturated carbocycles. The van der Waals surface area contributed by atoms with Crippen LogP contribution in [-0.2, 0) is 0 Å². The van der Waals surface area contributed by atoms with Gasteiger partial charge in [-0.05, 0) is 38.1 Å². The highest BCUT2D eigenvalue weighted by Crippen LogP contribution is 2.29. The van der Waals surface area contributed by atoms with Gasteiger partial charge in [-0.2, -0.15) is 0 Å². The molecular weight excluding hydrogens is 200 g/mol. The molecule has 1 saturated heterocycles. The van der Waals surface area contributed by atoms with Gasteiger partial charge in [0.1, 0.15) is 0 Å². The molecule has 0 spiro atoms. The van der Waals surface area contributed by atoms with E-state index in [0.717, 1.165) is 0 Å². The van der Waals surface area contributed by atoms with E-state index in [1.807, 2.05) is 18.5 Å². The first-order chi connectivity index (χ1) is 5.88. The Morgan fingerprint density at radius 2 is 2.29 bits per heavy atom. The highest BCUT2D eigenvalue weighted by molar-refractivity contribution is 5.85. The van der Waals surface area contributed by atoms with Crippen molar-refractivity contribution in [2.75, 3.05) is 13.6 Å². The summed E-state index contributed by atoms with van der Waals surface area (Å²) < 4.78 is 0. The maximum Gasteiger partial charge on any atom is 0.0360 e. The summed E-state index contributed by atoms with van der Waals surface area (Å²) in [6.07, 6.45) is 6.41. The van der Waals surface area contributed by atoms with E-state index >= 15 is 0 Å². The van der Waals surface area contributed by atoms with Gasteiger partial charge >= 0.3 is 0 Å². The van der Waals surface area contributed by atoms with Crippen LogP contribution in [0.15, 0.2) is 24.5 Å². The fourth-order valence-electron chi connectivity index (χ4n) is 1.90. The average molecular weight is 217 g/mol. The number of hydrogen-bond acceptors (Lipinski definition) is 2. The van der Waals surface area contributed by atoms with Gasteiger partial charge in [0.2, 0.25) is 0 Å². The highest BCUT2D eigenvalue weighted by atomic mass is 35.5. The maximum atomic E-state index is 4.14. The zero-order valence-electron chi connectivity index (χ0n) is 8.31. The molecule has 4 heteroatoms. The van der Waals surface area contributed by atoms with Crippen LogP contribution in [0.5, 0.6) is 0 Å². The van der Waals surface area contributed by atoms with Crippen molar-refractivity contribution >= 4 is 12.4 Å². The molecule has 1 aromatic rings. The molecule has 1 fully saturated rings. The van der Waals surface area contributed by atoms with E-state index in [0.29, 0.717) is 6.04 Å². The van der Waals surface area contributed by atoms with E-state index in [1.54, 1.807) is 0 Å². The van der Waals surface area contributed by atoms with Crippen LogP contribution in [0.4, 0.5) is 0 Å². The van der Waals surface area contributed by atoms with Crippen LogP contribution in [0.3, 0.4) is 0 Å². The summed E-state index contributed by atoms with van der Waals surface area (Å²) in [5, 5.41) is 0. The number of hydrogen-bond donors (Lipinski definition) is 0. The Balaban J connectivity index is 0.000000845. The van der Waals surface area contributed by atoms with Crippen molar-refractivity contribution in [3.8, 4) is 0 Å². The fraction of sp³-hybridized carbons (Fsp3) is 0.500.